The molecule has 57 heavy (non-hydrogen) atoms. The summed E-state index contributed by atoms with van der Waals surface area (Å²) in [7, 11) is -2.77. The third kappa shape index (κ3) is 10.1. The molecule has 3 N–H and O–H groups in total. The van der Waals surface area contributed by atoms with Crippen LogP contribution < -0.4 is 20.1 Å². The SMILES string of the molecule is COc1cccc(CS(=O)(=O)NC(=O)[C@@]23C[C@@H]2CCCCCCC[C@H](NC(=O)OC(C)(C)C)C(=O)N2C[C@H](OC(=O)N4Cc5cccc(F)c5C4)C[C@H]2C(=O)N3)c1. The predicted octanol–water partition coefficient (Wildman–Crippen LogP) is 4.41. The quantitative estimate of drug-likeness (QED) is 0.361. The first-order valence-corrected chi connectivity index (χ1v) is 21.1. The van der Waals surface area contributed by atoms with E-state index < -0.39 is 80.8 Å². The molecule has 3 heterocycles. The van der Waals surface area contributed by atoms with Crippen LogP contribution >= 0.6 is 0 Å². The predicted molar refractivity (Wildman–Crippen MR) is 204 cm³/mol. The van der Waals surface area contributed by atoms with Crippen molar-refractivity contribution in [3.05, 3.63) is 65.0 Å². The molecule has 0 radical (unpaired) electrons. The second-order valence-electron chi connectivity index (χ2n) is 16.4. The Hall–Kier alpha value is -4.93. The number of rotatable bonds is 7. The highest BCUT2D eigenvalue weighted by molar-refractivity contribution is 7.89. The molecular formula is C40H52FN5O10S. The minimum Gasteiger partial charge on any atom is -0.497 e. The van der Waals surface area contributed by atoms with E-state index in [4.69, 9.17) is 14.2 Å². The topological polar surface area (TPSA) is 190 Å². The summed E-state index contributed by atoms with van der Waals surface area (Å²) in [6.45, 7) is 4.98. The van der Waals surface area contributed by atoms with Gasteiger partial charge in [-0.2, -0.15) is 0 Å². The maximum atomic E-state index is 14.5. The Morgan fingerprint density at radius 3 is 2.44 bits per heavy atom. The van der Waals surface area contributed by atoms with Crippen LogP contribution in [0.5, 0.6) is 5.75 Å². The molecule has 15 nitrogen and oxygen atoms in total. The highest BCUT2D eigenvalue weighted by Crippen LogP contribution is 2.48. The number of alkyl carbamates (subject to hydrolysis) is 1. The number of fused-ring (bicyclic) bond motifs is 3. The third-order valence-electron chi connectivity index (χ3n) is 10.9. The molecule has 17 heteroatoms. The van der Waals surface area contributed by atoms with Crippen LogP contribution in [0.4, 0.5) is 14.0 Å². The Morgan fingerprint density at radius 1 is 1.00 bits per heavy atom. The molecule has 6 rings (SSSR count). The zero-order chi connectivity index (χ0) is 41.1. The molecule has 0 bridgehead atoms. The number of methoxy groups -OCH3 is 1. The van der Waals surface area contributed by atoms with Crippen LogP contribution in [0.2, 0.25) is 0 Å². The highest BCUT2D eigenvalue weighted by atomic mass is 32.2. The van der Waals surface area contributed by atoms with Crippen molar-refractivity contribution in [3.63, 3.8) is 0 Å². The van der Waals surface area contributed by atoms with Gasteiger partial charge in [0.2, 0.25) is 21.8 Å². The van der Waals surface area contributed by atoms with Crippen molar-refractivity contribution in [1.82, 2.24) is 25.2 Å². The van der Waals surface area contributed by atoms with Crippen LogP contribution in [0.25, 0.3) is 0 Å². The number of nitrogens with zero attached hydrogens (tertiary/aromatic N) is 2. The smallest absolute Gasteiger partial charge is 0.410 e. The average Bonchev–Trinajstić information content (AvgIpc) is 3.42. The van der Waals surface area contributed by atoms with E-state index in [1.807, 2.05) is 0 Å². The van der Waals surface area contributed by atoms with E-state index in [1.165, 1.54) is 23.0 Å². The first kappa shape index (κ1) is 41.7. The Labute approximate surface area is 332 Å². The summed E-state index contributed by atoms with van der Waals surface area (Å²) in [6.07, 6.45) is 1.99. The fourth-order valence-corrected chi connectivity index (χ4v) is 9.15. The number of hydrogen-bond donors (Lipinski definition) is 3. The van der Waals surface area contributed by atoms with Crippen LogP contribution in [-0.2, 0) is 52.7 Å². The molecule has 1 saturated carbocycles. The van der Waals surface area contributed by atoms with Gasteiger partial charge in [0.1, 0.15) is 40.9 Å². The number of carbonyl (C=O) groups is 5. The van der Waals surface area contributed by atoms with Crippen molar-refractivity contribution in [1.29, 1.82) is 0 Å². The van der Waals surface area contributed by atoms with Crippen LogP contribution in [0.3, 0.4) is 0 Å². The Balaban J connectivity index is 1.24. The lowest BCUT2D eigenvalue weighted by molar-refractivity contribution is -0.141. The van der Waals surface area contributed by atoms with Crippen LogP contribution in [0.1, 0.15) is 95.2 Å². The van der Waals surface area contributed by atoms with Gasteiger partial charge in [0.25, 0.3) is 5.91 Å². The number of ether oxygens (including phenoxy) is 3. The van der Waals surface area contributed by atoms with Gasteiger partial charge in [-0.1, -0.05) is 56.4 Å². The van der Waals surface area contributed by atoms with Crippen LogP contribution in [-0.4, -0.2) is 91.1 Å². The van der Waals surface area contributed by atoms with Gasteiger partial charge in [-0.25, -0.2) is 22.4 Å². The lowest BCUT2D eigenvalue weighted by atomic mass is 10.0. The number of nitrogens with one attached hydrogen (secondary N) is 3. The van der Waals surface area contributed by atoms with Crippen molar-refractivity contribution in [3.8, 4) is 5.75 Å². The van der Waals surface area contributed by atoms with E-state index >= 15 is 0 Å². The molecule has 3 fully saturated rings. The average molecular weight is 814 g/mol. The fourth-order valence-electron chi connectivity index (χ4n) is 8.00. The molecular weight excluding hydrogens is 762 g/mol. The van der Waals surface area contributed by atoms with Crippen molar-refractivity contribution < 1.29 is 51.0 Å². The number of sulfonamides is 1. The van der Waals surface area contributed by atoms with E-state index in [2.05, 4.69) is 15.4 Å². The van der Waals surface area contributed by atoms with Gasteiger partial charge >= 0.3 is 12.2 Å². The van der Waals surface area contributed by atoms with E-state index in [0.717, 1.165) is 25.7 Å². The molecule has 2 aromatic carbocycles. The van der Waals surface area contributed by atoms with Gasteiger partial charge in [0.15, 0.2) is 0 Å². The van der Waals surface area contributed by atoms with E-state index in [0.29, 0.717) is 35.3 Å². The lowest BCUT2D eigenvalue weighted by Crippen LogP contribution is -2.58. The Bertz CT molecular complexity index is 1990. The van der Waals surface area contributed by atoms with E-state index in [-0.39, 0.29) is 44.8 Å². The number of halogens is 1. The fraction of sp³-hybridized carbons (Fsp3) is 0.575. The number of carbonyl (C=O) groups excluding carboxylic acids is 5. The third-order valence-corrected chi connectivity index (χ3v) is 12.1. The molecule has 2 aromatic rings. The zero-order valence-corrected chi connectivity index (χ0v) is 33.6. The van der Waals surface area contributed by atoms with Crippen molar-refractivity contribution >= 4 is 39.9 Å². The Morgan fingerprint density at radius 2 is 1.72 bits per heavy atom. The van der Waals surface area contributed by atoms with Crippen molar-refractivity contribution in [2.75, 3.05) is 13.7 Å². The van der Waals surface area contributed by atoms with Gasteiger partial charge in [-0.3, -0.25) is 24.0 Å². The lowest BCUT2D eigenvalue weighted by Gasteiger charge is -2.30. The molecule has 2 saturated heterocycles. The second-order valence-corrected chi connectivity index (χ2v) is 18.2. The second kappa shape index (κ2) is 16.9. The molecule has 5 atom stereocenters. The van der Waals surface area contributed by atoms with Gasteiger partial charge < -0.3 is 29.7 Å². The molecule has 0 unspecified atom stereocenters. The summed E-state index contributed by atoms with van der Waals surface area (Å²) in [5, 5.41) is 5.52. The normalized spacial score (nSPS) is 25.4. The van der Waals surface area contributed by atoms with E-state index in [9.17, 15) is 36.8 Å². The molecule has 0 aromatic heterocycles. The van der Waals surface area contributed by atoms with Crippen LogP contribution in [0.15, 0.2) is 42.5 Å². The largest absolute Gasteiger partial charge is 0.497 e. The summed E-state index contributed by atoms with van der Waals surface area (Å²) in [4.78, 5) is 71.7. The van der Waals surface area contributed by atoms with Gasteiger partial charge in [0.05, 0.1) is 26.0 Å². The maximum Gasteiger partial charge on any atom is 0.410 e. The Kier molecular flexibility index (Phi) is 12.4. The molecule has 1 aliphatic carbocycles. The maximum absolute atomic E-state index is 14.5. The zero-order valence-electron chi connectivity index (χ0n) is 32.8. The summed E-state index contributed by atoms with van der Waals surface area (Å²) in [5.74, 6) is -3.07. The molecule has 0 spiro atoms. The molecule has 3 aliphatic heterocycles. The minimum atomic E-state index is -4.22. The summed E-state index contributed by atoms with van der Waals surface area (Å²) in [6, 6.07) is 8.71. The summed E-state index contributed by atoms with van der Waals surface area (Å²) < 4.78 is 59.8. The molecule has 5 amide bonds. The van der Waals surface area contributed by atoms with Gasteiger partial charge in [0, 0.05) is 18.5 Å². The van der Waals surface area contributed by atoms with Crippen LogP contribution in [0, 0.1) is 11.7 Å². The number of benzene rings is 2. The van der Waals surface area contributed by atoms with Gasteiger partial charge in [-0.15, -0.1) is 0 Å². The van der Waals surface area contributed by atoms with Gasteiger partial charge in [-0.05, 0) is 75.3 Å². The standard InChI is InChI=1S/C40H52FN5O10S/c1-39(2,3)56-37(50)42-32-17-9-7-5-6-8-14-27-20-40(27,36(49)44-57(52,53)24-25-12-10-15-28(18-25)54-4)43-34(47)33-19-29(22-46(33)35(32)48)55-38(51)45-21-26-13-11-16-31(41)30(26)23-45/h10-13,15-16,18,27,29,32-33H,5-9,14,17,19-24H2,1-4H3,(H,42,50)(H,43,47)(H,44,49)/t27-,29+,32-,33-,40+/m0/s1. The van der Waals surface area contributed by atoms with Crippen molar-refractivity contribution in [2.24, 2.45) is 5.92 Å². The first-order chi connectivity index (χ1) is 27.0. The number of hydrogen-bond acceptors (Lipinski definition) is 10. The molecule has 310 valence electrons. The highest BCUT2D eigenvalue weighted by Gasteiger charge is 2.62. The minimum absolute atomic E-state index is 0.0122. The van der Waals surface area contributed by atoms with Crippen molar-refractivity contribution in [2.45, 2.75) is 127 Å². The monoisotopic (exact) mass is 813 g/mol. The van der Waals surface area contributed by atoms with E-state index in [1.54, 1.807) is 57.2 Å². The summed E-state index contributed by atoms with van der Waals surface area (Å²) >= 11 is 0. The summed E-state index contributed by atoms with van der Waals surface area (Å²) in [5.41, 5.74) is -1.000. The molecule has 4 aliphatic rings. The number of amides is 5. The first-order valence-electron chi connectivity index (χ1n) is 19.5.